The maximum atomic E-state index is 12.3. The van der Waals surface area contributed by atoms with Crippen LogP contribution in [0.3, 0.4) is 0 Å². The molecular formula is C12H15N3O2S2. The van der Waals surface area contributed by atoms with E-state index in [0.29, 0.717) is 10.5 Å². The van der Waals surface area contributed by atoms with Gasteiger partial charge in [-0.25, -0.2) is 4.98 Å². The molecule has 2 aromatic rings. The highest BCUT2D eigenvalue weighted by atomic mass is 32.2. The first-order valence-electron chi connectivity index (χ1n) is 5.75. The van der Waals surface area contributed by atoms with Gasteiger partial charge in [0.15, 0.2) is 5.16 Å². The second kappa shape index (κ2) is 4.97. The van der Waals surface area contributed by atoms with Crippen molar-refractivity contribution in [3.63, 3.8) is 0 Å². The number of hydrogen-bond donors (Lipinski definition) is 1. The van der Waals surface area contributed by atoms with Crippen LogP contribution >= 0.6 is 23.1 Å². The van der Waals surface area contributed by atoms with Gasteiger partial charge in [-0.05, 0) is 26.3 Å². The van der Waals surface area contributed by atoms with Crippen LogP contribution in [-0.4, -0.2) is 20.7 Å². The Morgan fingerprint density at radius 3 is 2.68 bits per heavy atom. The lowest BCUT2D eigenvalue weighted by atomic mass is 10.2. The van der Waals surface area contributed by atoms with E-state index in [1.807, 2.05) is 13.8 Å². The van der Waals surface area contributed by atoms with Crippen LogP contribution in [-0.2, 0) is 11.8 Å². The second-order valence-corrected chi connectivity index (χ2v) is 6.90. The molecule has 0 saturated carbocycles. The summed E-state index contributed by atoms with van der Waals surface area (Å²) in [5, 5.41) is 0.767. The molecule has 2 heterocycles. The summed E-state index contributed by atoms with van der Waals surface area (Å²) in [5.74, 6) is -0.419. The number of nitrogens with zero attached hydrogens (tertiary/aromatic N) is 2. The number of hydrogen-bond acceptors (Lipinski definition) is 5. The Hall–Kier alpha value is -1.34. The number of rotatable bonds is 3. The van der Waals surface area contributed by atoms with Crippen LogP contribution in [0, 0.1) is 13.8 Å². The topological polar surface area (TPSA) is 78.0 Å². The Labute approximate surface area is 118 Å². The standard InChI is InChI=1S/C12H15N3O2S2/c1-5-6(2)18-10-8(5)11(17)15(4)12(14-10)19-7(3)9(13)16/h7H,1-4H3,(H2,13,16)/t7-/m1/s1. The van der Waals surface area contributed by atoms with Gasteiger partial charge in [0.2, 0.25) is 5.91 Å². The number of carbonyl (C=O) groups is 1. The fourth-order valence-corrected chi connectivity index (χ4v) is 3.57. The normalized spacial score (nSPS) is 12.8. The van der Waals surface area contributed by atoms with Gasteiger partial charge in [0.05, 0.1) is 10.6 Å². The maximum Gasteiger partial charge on any atom is 0.262 e. The van der Waals surface area contributed by atoms with Gasteiger partial charge in [0.1, 0.15) is 4.83 Å². The maximum absolute atomic E-state index is 12.3. The highest BCUT2D eigenvalue weighted by molar-refractivity contribution is 8.00. The first-order chi connectivity index (χ1) is 8.82. The number of amides is 1. The van der Waals surface area contributed by atoms with Crippen LogP contribution in [0.4, 0.5) is 0 Å². The minimum Gasteiger partial charge on any atom is -0.369 e. The summed E-state index contributed by atoms with van der Waals surface area (Å²) in [5.41, 5.74) is 6.14. The van der Waals surface area contributed by atoms with E-state index in [1.54, 1.807) is 14.0 Å². The molecule has 0 aliphatic rings. The zero-order valence-corrected chi connectivity index (χ0v) is 12.8. The predicted octanol–water partition coefficient (Wildman–Crippen LogP) is 1.58. The van der Waals surface area contributed by atoms with E-state index < -0.39 is 11.2 Å². The Kier molecular flexibility index (Phi) is 3.69. The van der Waals surface area contributed by atoms with Crippen molar-refractivity contribution in [2.45, 2.75) is 31.2 Å². The van der Waals surface area contributed by atoms with Crippen molar-refractivity contribution in [2.75, 3.05) is 0 Å². The van der Waals surface area contributed by atoms with Crippen LogP contribution in [0.2, 0.25) is 0 Å². The first-order valence-corrected chi connectivity index (χ1v) is 7.45. The fourth-order valence-electron chi connectivity index (χ4n) is 1.68. The summed E-state index contributed by atoms with van der Waals surface area (Å²) < 4.78 is 1.48. The molecule has 0 aliphatic heterocycles. The minimum absolute atomic E-state index is 0.0778. The van der Waals surface area contributed by atoms with Gasteiger partial charge in [0, 0.05) is 11.9 Å². The number of fused-ring (bicyclic) bond motifs is 1. The van der Waals surface area contributed by atoms with Crippen molar-refractivity contribution in [3.05, 3.63) is 20.8 Å². The fraction of sp³-hybridized carbons (Fsp3) is 0.417. The van der Waals surface area contributed by atoms with Crippen LogP contribution in [0.25, 0.3) is 10.2 Å². The third-order valence-corrected chi connectivity index (χ3v) is 5.32. The molecule has 2 aromatic heterocycles. The molecule has 102 valence electrons. The largest absolute Gasteiger partial charge is 0.369 e. The number of thiophene rings is 1. The molecule has 0 aromatic carbocycles. The van der Waals surface area contributed by atoms with Crippen molar-refractivity contribution >= 4 is 39.2 Å². The number of thioether (sulfide) groups is 1. The highest BCUT2D eigenvalue weighted by Gasteiger charge is 2.18. The number of aromatic nitrogens is 2. The van der Waals surface area contributed by atoms with E-state index in [2.05, 4.69) is 4.98 Å². The van der Waals surface area contributed by atoms with Gasteiger partial charge in [-0.1, -0.05) is 11.8 Å². The van der Waals surface area contributed by atoms with Crippen molar-refractivity contribution in [2.24, 2.45) is 12.8 Å². The molecule has 2 N–H and O–H groups in total. The molecule has 7 heteroatoms. The molecule has 0 saturated heterocycles. The SMILES string of the molecule is Cc1sc2nc(S[C@H](C)C(N)=O)n(C)c(=O)c2c1C. The molecule has 0 unspecified atom stereocenters. The van der Waals surface area contributed by atoms with E-state index in [1.165, 1.54) is 27.7 Å². The second-order valence-electron chi connectivity index (χ2n) is 4.38. The summed E-state index contributed by atoms with van der Waals surface area (Å²) in [6, 6.07) is 0. The Morgan fingerprint density at radius 2 is 2.11 bits per heavy atom. The Morgan fingerprint density at radius 1 is 1.47 bits per heavy atom. The predicted molar refractivity (Wildman–Crippen MR) is 78.8 cm³/mol. The van der Waals surface area contributed by atoms with E-state index in [0.717, 1.165) is 15.3 Å². The molecular weight excluding hydrogens is 282 g/mol. The lowest BCUT2D eigenvalue weighted by Crippen LogP contribution is -2.25. The number of aryl methyl sites for hydroxylation is 2. The first kappa shape index (κ1) is 14.1. The summed E-state index contributed by atoms with van der Waals surface area (Å²) in [7, 11) is 1.66. The number of primary amides is 1. The summed E-state index contributed by atoms with van der Waals surface area (Å²) >= 11 is 2.70. The summed E-state index contributed by atoms with van der Waals surface area (Å²) in [6.45, 7) is 5.60. The van der Waals surface area contributed by atoms with E-state index in [-0.39, 0.29) is 5.56 Å². The molecule has 0 aliphatic carbocycles. The molecule has 2 rings (SSSR count). The summed E-state index contributed by atoms with van der Waals surface area (Å²) in [4.78, 5) is 29.7. The van der Waals surface area contributed by atoms with E-state index in [4.69, 9.17) is 5.73 Å². The third-order valence-electron chi connectivity index (χ3n) is 3.05. The van der Waals surface area contributed by atoms with E-state index >= 15 is 0 Å². The quantitative estimate of drug-likeness (QED) is 0.689. The average Bonchev–Trinajstić information content (AvgIpc) is 2.61. The van der Waals surface area contributed by atoms with Crippen LogP contribution in [0.5, 0.6) is 0 Å². The van der Waals surface area contributed by atoms with Crippen molar-refractivity contribution < 1.29 is 4.79 Å². The van der Waals surface area contributed by atoms with Crippen LogP contribution in [0.15, 0.2) is 9.95 Å². The number of nitrogens with two attached hydrogens (primary N) is 1. The smallest absolute Gasteiger partial charge is 0.262 e. The highest BCUT2D eigenvalue weighted by Crippen LogP contribution is 2.29. The molecule has 0 bridgehead atoms. The van der Waals surface area contributed by atoms with Crippen LogP contribution in [0.1, 0.15) is 17.4 Å². The van der Waals surface area contributed by atoms with Gasteiger partial charge >= 0.3 is 0 Å². The van der Waals surface area contributed by atoms with Gasteiger partial charge in [-0.3, -0.25) is 14.2 Å². The van der Waals surface area contributed by atoms with Gasteiger partial charge in [-0.15, -0.1) is 11.3 Å². The average molecular weight is 297 g/mol. The molecule has 0 radical (unpaired) electrons. The molecule has 0 fully saturated rings. The summed E-state index contributed by atoms with van der Waals surface area (Å²) in [6.07, 6.45) is 0. The molecule has 1 amide bonds. The molecule has 19 heavy (non-hydrogen) atoms. The lowest BCUT2D eigenvalue weighted by molar-refractivity contribution is -0.117. The van der Waals surface area contributed by atoms with Crippen molar-refractivity contribution in [3.8, 4) is 0 Å². The van der Waals surface area contributed by atoms with Gasteiger partial charge < -0.3 is 5.73 Å². The molecule has 0 spiro atoms. The van der Waals surface area contributed by atoms with Crippen LogP contribution < -0.4 is 11.3 Å². The lowest BCUT2D eigenvalue weighted by Gasteiger charge is -2.10. The van der Waals surface area contributed by atoms with Crippen molar-refractivity contribution in [1.82, 2.24) is 9.55 Å². The van der Waals surface area contributed by atoms with Crippen molar-refractivity contribution in [1.29, 1.82) is 0 Å². The molecule has 5 nitrogen and oxygen atoms in total. The monoisotopic (exact) mass is 297 g/mol. The van der Waals surface area contributed by atoms with Gasteiger partial charge in [-0.2, -0.15) is 0 Å². The minimum atomic E-state index is -0.419. The number of carbonyl (C=O) groups excluding carboxylic acids is 1. The zero-order chi connectivity index (χ0) is 14.3. The Bertz CT molecular complexity index is 718. The third kappa shape index (κ3) is 2.40. The van der Waals surface area contributed by atoms with Gasteiger partial charge in [0.25, 0.3) is 5.56 Å². The van der Waals surface area contributed by atoms with E-state index in [9.17, 15) is 9.59 Å². The molecule has 1 atom stereocenters. The zero-order valence-electron chi connectivity index (χ0n) is 11.2. The Balaban J connectivity index is 2.62.